The Kier molecular flexibility index (Phi) is 4.35. The summed E-state index contributed by atoms with van der Waals surface area (Å²) >= 11 is 2.30. The van der Waals surface area contributed by atoms with Gasteiger partial charge in [-0.15, -0.1) is 0 Å². The summed E-state index contributed by atoms with van der Waals surface area (Å²) in [5, 5.41) is 3.30. The number of halogens is 2. The first kappa shape index (κ1) is 13.5. The maximum absolute atomic E-state index is 13.2. The number of hydrogen-bond acceptors (Lipinski definition) is 1. The van der Waals surface area contributed by atoms with Gasteiger partial charge in [-0.25, -0.2) is 4.39 Å². The first-order valence-electron chi connectivity index (χ1n) is 5.80. The topological polar surface area (TPSA) is 12.0 Å². The van der Waals surface area contributed by atoms with Crippen LogP contribution in [0.5, 0.6) is 0 Å². The molecule has 1 nitrogen and oxygen atoms in total. The summed E-state index contributed by atoms with van der Waals surface area (Å²) in [6, 6.07) is 13.4. The van der Waals surface area contributed by atoms with Gasteiger partial charge in [0.1, 0.15) is 5.82 Å². The fraction of sp³-hybridized carbons (Fsp3) is 0.200. The molecule has 94 valence electrons. The monoisotopic (exact) mass is 355 g/mol. The van der Waals surface area contributed by atoms with Gasteiger partial charge in [0.2, 0.25) is 0 Å². The van der Waals surface area contributed by atoms with E-state index in [1.807, 2.05) is 26.1 Å². The number of nitrogens with one attached hydrogen (secondary N) is 1. The third kappa shape index (κ3) is 2.90. The largest absolute Gasteiger partial charge is 0.309 e. The maximum Gasteiger partial charge on any atom is 0.123 e. The number of hydrogen-bond donors (Lipinski definition) is 1. The highest BCUT2D eigenvalue weighted by atomic mass is 127. The molecule has 0 aromatic heterocycles. The summed E-state index contributed by atoms with van der Waals surface area (Å²) in [5.74, 6) is -0.186. The number of aryl methyl sites for hydroxylation is 1. The molecule has 18 heavy (non-hydrogen) atoms. The smallest absolute Gasteiger partial charge is 0.123 e. The Labute approximate surface area is 121 Å². The van der Waals surface area contributed by atoms with Gasteiger partial charge in [-0.05, 0) is 77.5 Å². The molecular weight excluding hydrogens is 340 g/mol. The van der Waals surface area contributed by atoms with Crippen LogP contribution in [0.25, 0.3) is 0 Å². The van der Waals surface area contributed by atoms with Crippen molar-refractivity contribution >= 4 is 22.6 Å². The minimum atomic E-state index is -0.186. The molecule has 0 spiro atoms. The lowest BCUT2D eigenvalue weighted by Crippen LogP contribution is -2.18. The maximum atomic E-state index is 13.2. The van der Waals surface area contributed by atoms with Gasteiger partial charge >= 0.3 is 0 Å². The minimum Gasteiger partial charge on any atom is -0.309 e. The minimum absolute atomic E-state index is 0.0975. The lowest BCUT2D eigenvalue weighted by atomic mass is 9.95. The Morgan fingerprint density at radius 1 is 1.17 bits per heavy atom. The molecule has 2 aromatic rings. The number of rotatable bonds is 3. The van der Waals surface area contributed by atoms with E-state index < -0.39 is 0 Å². The second kappa shape index (κ2) is 5.80. The van der Waals surface area contributed by atoms with Gasteiger partial charge in [-0.3, -0.25) is 0 Å². The summed E-state index contributed by atoms with van der Waals surface area (Å²) in [5.41, 5.74) is 3.27. The van der Waals surface area contributed by atoms with Crippen LogP contribution < -0.4 is 5.32 Å². The standard InChI is InChI=1S/C15H15FIN/c1-10-8-12(16)6-7-14(10)15(18-2)11-4-3-5-13(17)9-11/h3-9,15,18H,1-2H3. The van der Waals surface area contributed by atoms with Gasteiger partial charge in [-0.1, -0.05) is 18.2 Å². The molecule has 0 fully saturated rings. The second-order valence-electron chi connectivity index (χ2n) is 4.28. The lowest BCUT2D eigenvalue weighted by Gasteiger charge is -2.19. The quantitative estimate of drug-likeness (QED) is 0.820. The molecule has 0 heterocycles. The van der Waals surface area contributed by atoms with Crippen molar-refractivity contribution in [3.8, 4) is 0 Å². The summed E-state index contributed by atoms with van der Waals surface area (Å²) in [6.07, 6.45) is 0. The first-order valence-corrected chi connectivity index (χ1v) is 6.88. The van der Waals surface area contributed by atoms with Crippen LogP contribution in [0.1, 0.15) is 22.7 Å². The van der Waals surface area contributed by atoms with Crippen LogP contribution in [-0.4, -0.2) is 7.05 Å². The van der Waals surface area contributed by atoms with Crippen molar-refractivity contribution in [2.24, 2.45) is 0 Å². The Hall–Kier alpha value is -0.940. The van der Waals surface area contributed by atoms with E-state index >= 15 is 0 Å². The molecule has 0 saturated heterocycles. The van der Waals surface area contributed by atoms with Gasteiger partial charge < -0.3 is 5.32 Å². The number of benzene rings is 2. The van der Waals surface area contributed by atoms with E-state index in [0.29, 0.717) is 0 Å². The average molecular weight is 355 g/mol. The van der Waals surface area contributed by atoms with Crippen LogP contribution in [0, 0.1) is 16.3 Å². The third-order valence-corrected chi connectivity index (χ3v) is 3.68. The zero-order chi connectivity index (χ0) is 13.1. The zero-order valence-corrected chi connectivity index (χ0v) is 12.5. The van der Waals surface area contributed by atoms with E-state index in [0.717, 1.165) is 11.1 Å². The Bertz CT molecular complexity index is 554. The average Bonchev–Trinajstić information content (AvgIpc) is 2.33. The molecule has 0 aliphatic carbocycles. The van der Waals surface area contributed by atoms with Crippen molar-refractivity contribution < 1.29 is 4.39 Å². The molecule has 2 aromatic carbocycles. The van der Waals surface area contributed by atoms with E-state index in [1.54, 1.807) is 6.07 Å². The molecule has 1 N–H and O–H groups in total. The van der Waals surface area contributed by atoms with Crippen LogP contribution in [0.3, 0.4) is 0 Å². The molecule has 2 rings (SSSR count). The molecular formula is C15H15FIN. The van der Waals surface area contributed by atoms with Crippen molar-refractivity contribution in [1.29, 1.82) is 0 Å². The zero-order valence-electron chi connectivity index (χ0n) is 10.4. The van der Waals surface area contributed by atoms with Crippen molar-refractivity contribution in [3.63, 3.8) is 0 Å². The predicted molar refractivity (Wildman–Crippen MR) is 81.2 cm³/mol. The third-order valence-electron chi connectivity index (χ3n) is 3.01. The van der Waals surface area contributed by atoms with Crippen LogP contribution in [0.4, 0.5) is 4.39 Å². The highest BCUT2D eigenvalue weighted by Gasteiger charge is 2.14. The Morgan fingerprint density at radius 3 is 2.56 bits per heavy atom. The molecule has 0 radical (unpaired) electrons. The lowest BCUT2D eigenvalue weighted by molar-refractivity contribution is 0.621. The fourth-order valence-electron chi connectivity index (χ4n) is 2.15. The van der Waals surface area contributed by atoms with Crippen LogP contribution in [0.15, 0.2) is 42.5 Å². The van der Waals surface area contributed by atoms with Gasteiger partial charge in [0.05, 0.1) is 6.04 Å². The summed E-state index contributed by atoms with van der Waals surface area (Å²) < 4.78 is 14.4. The molecule has 1 atom stereocenters. The molecule has 3 heteroatoms. The predicted octanol–water partition coefficient (Wildman–Crippen LogP) is 4.05. The molecule has 0 aliphatic rings. The Morgan fingerprint density at radius 2 is 1.94 bits per heavy atom. The SMILES string of the molecule is CNC(c1cccc(I)c1)c1ccc(F)cc1C. The second-order valence-corrected chi connectivity index (χ2v) is 5.52. The molecule has 1 unspecified atom stereocenters. The van der Waals surface area contributed by atoms with Gasteiger partial charge in [-0.2, -0.15) is 0 Å². The van der Waals surface area contributed by atoms with E-state index in [9.17, 15) is 4.39 Å². The van der Waals surface area contributed by atoms with Crippen molar-refractivity contribution in [3.05, 3.63) is 68.5 Å². The van der Waals surface area contributed by atoms with E-state index in [4.69, 9.17) is 0 Å². The van der Waals surface area contributed by atoms with Crippen LogP contribution in [0.2, 0.25) is 0 Å². The first-order chi connectivity index (χ1) is 8.61. The van der Waals surface area contributed by atoms with Gasteiger partial charge in [0.25, 0.3) is 0 Å². The van der Waals surface area contributed by atoms with E-state index in [-0.39, 0.29) is 11.9 Å². The van der Waals surface area contributed by atoms with E-state index in [1.165, 1.54) is 15.2 Å². The van der Waals surface area contributed by atoms with E-state index in [2.05, 4.69) is 46.1 Å². The van der Waals surface area contributed by atoms with Crippen LogP contribution in [-0.2, 0) is 0 Å². The normalized spacial score (nSPS) is 12.4. The summed E-state index contributed by atoms with van der Waals surface area (Å²) in [6.45, 7) is 1.94. The molecule has 0 amide bonds. The molecule has 0 aliphatic heterocycles. The van der Waals surface area contributed by atoms with Crippen molar-refractivity contribution in [2.75, 3.05) is 7.05 Å². The Balaban J connectivity index is 2.45. The molecule has 0 bridgehead atoms. The van der Waals surface area contributed by atoms with Gasteiger partial charge in [0, 0.05) is 3.57 Å². The van der Waals surface area contributed by atoms with Crippen molar-refractivity contribution in [2.45, 2.75) is 13.0 Å². The molecule has 0 saturated carbocycles. The fourth-order valence-corrected chi connectivity index (χ4v) is 2.72. The van der Waals surface area contributed by atoms with Gasteiger partial charge in [0.15, 0.2) is 0 Å². The summed E-state index contributed by atoms with van der Waals surface area (Å²) in [4.78, 5) is 0. The summed E-state index contributed by atoms with van der Waals surface area (Å²) in [7, 11) is 1.92. The van der Waals surface area contributed by atoms with Crippen molar-refractivity contribution in [1.82, 2.24) is 5.32 Å². The highest BCUT2D eigenvalue weighted by Crippen LogP contribution is 2.26. The van der Waals surface area contributed by atoms with Crippen LogP contribution >= 0.6 is 22.6 Å². The highest BCUT2D eigenvalue weighted by molar-refractivity contribution is 14.1.